The smallest absolute Gasteiger partial charge is 0.251 e. The van der Waals surface area contributed by atoms with Gasteiger partial charge in [0.25, 0.3) is 5.91 Å². The van der Waals surface area contributed by atoms with E-state index in [1.807, 2.05) is 36.4 Å². The number of rotatable bonds is 2. The topological polar surface area (TPSA) is 41.1 Å². The first-order valence-corrected chi connectivity index (χ1v) is 6.83. The lowest BCUT2D eigenvalue weighted by Gasteiger charge is -2.23. The van der Waals surface area contributed by atoms with E-state index in [2.05, 4.69) is 16.7 Å². The summed E-state index contributed by atoms with van der Waals surface area (Å²) in [4.78, 5) is 12.2. The molecule has 0 saturated carbocycles. The Kier molecular flexibility index (Phi) is 3.47. The standard InChI is InChI=1S/C16H18N2O/c19-16(18-15-7-9-17-10-8-15)14-6-5-12-3-1-2-4-13(12)11-14/h1-6,11,15,17H,7-10H2,(H,18,19). The molecule has 1 aliphatic rings. The molecule has 0 unspecified atom stereocenters. The van der Waals surface area contributed by atoms with Gasteiger partial charge in [0.1, 0.15) is 0 Å². The minimum absolute atomic E-state index is 0.0395. The Labute approximate surface area is 113 Å². The van der Waals surface area contributed by atoms with Crippen molar-refractivity contribution in [3.8, 4) is 0 Å². The summed E-state index contributed by atoms with van der Waals surface area (Å²) >= 11 is 0. The number of benzene rings is 2. The van der Waals surface area contributed by atoms with Crippen LogP contribution >= 0.6 is 0 Å². The highest BCUT2D eigenvalue weighted by atomic mass is 16.1. The zero-order valence-electron chi connectivity index (χ0n) is 10.9. The fourth-order valence-electron chi connectivity index (χ4n) is 2.57. The third-order valence-electron chi connectivity index (χ3n) is 3.69. The number of nitrogens with one attached hydrogen (secondary N) is 2. The van der Waals surface area contributed by atoms with E-state index in [0.717, 1.165) is 36.9 Å². The number of hydrogen-bond donors (Lipinski definition) is 2. The summed E-state index contributed by atoms with van der Waals surface area (Å²) < 4.78 is 0. The van der Waals surface area contributed by atoms with Crippen molar-refractivity contribution in [2.45, 2.75) is 18.9 Å². The normalized spacial score (nSPS) is 16.4. The quantitative estimate of drug-likeness (QED) is 0.863. The van der Waals surface area contributed by atoms with Crippen LogP contribution in [0.25, 0.3) is 10.8 Å². The molecule has 98 valence electrons. The van der Waals surface area contributed by atoms with Crippen LogP contribution in [-0.2, 0) is 0 Å². The van der Waals surface area contributed by atoms with E-state index in [1.54, 1.807) is 0 Å². The van der Waals surface area contributed by atoms with Crippen molar-refractivity contribution >= 4 is 16.7 Å². The molecule has 1 fully saturated rings. The molecule has 0 aliphatic carbocycles. The van der Waals surface area contributed by atoms with Crippen LogP contribution in [0, 0.1) is 0 Å². The maximum atomic E-state index is 12.2. The monoisotopic (exact) mass is 254 g/mol. The second-order valence-electron chi connectivity index (χ2n) is 5.06. The highest BCUT2D eigenvalue weighted by Gasteiger charge is 2.16. The zero-order chi connectivity index (χ0) is 13.1. The lowest BCUT2D eigenvalue weighted by atomic mass is 10.0. The van der Waals surface area contributed by atoms with Crippen molar-refractivity contribution in [3.05, 3.63) is 48.0 Å². The molecule has 19 heavy (non-hydrogen) atoms. The lowest BCUT2D eigenvalue weighted by molar-refractivity contribution is 0.0929. The van der Waals surface area contributed by atoms with Gasteiger partial charge in [-0.2, -0.15) is 0 Å². The van der Waals surface area contributed by atoms with Crippen LogP contribution in [0.5, 0.6) is 0 Å². The maximum Gasteiger partial charge on any atom is 0.251 e. The van der Waals surface area contributed by atoms with Crippen molar-refractivity contribution in [3.63, 3.8) is 0 Å². The van der Waals surface area contributed by atoms with Gasteiger partial charge in [-0.15, -0.1) is 0 Å². The Morgan fingerprint density at radius 2 is 1.79 bits per heavy atom. The van der Waals surface area contributed by atoms with E-state index in [1.165, 1.54) is 5.39 Å². The van der Waals surface area contributed by atoms with Gasteiger partial charge in [-0.3, -0.25) is 4.79 Å². The van der Waals surface area contributed by atoms with Gasteiger partial charge in [-0.25, -0.2) is 0 Å². The summed E-state index contributed by atoms with van der Waals surface area (Å²) in [6.45, 7) is 1.98. The van der Waals surface area contributed by atoms with Crippen LogP contribution in [0.4, 0.5) is 0 Å². The Balaban J connectivity index is 1.77. The van der Waals surface area contributed by atoms with E-state index >= 15 is 0 Å². The Morgan fingerprint density at radius 1 is 1.05 bits per heavy atom. The summed E-state index contributed by atoms with van der Waals surface area (Å²) in [5, 5.41) is 8.70. The third-order valence-corrected chi connectivity index (χ3v) is 3.69. The second kappa shape index (κ2) is 5.41. The van der Waals surface area contributed by atoms with Crippen LogP contribution in [0.3, 0.4) is 0 Å². The number of amides is 1. The molecular weight excluding hydrogens is 236 g/mol. The molecule has 0 aromatic heterocycles. The number of carbonyl (C=O) groups is 1. The van der Waals surface area contributed by atoms with E-state index in [4.69, 9.17) is 0 Å². The predicted octanol–water partition coefficient (Wildman–Crippen LogP) is 2.32. The average Bonchev–Trinajstić information content (AvgIpc) is 2.48. The minimum Gasteiger partial charge on any atom is -0.349 e. The van der Waals surface area contributed by atoms with Crippen molar-refractivity contribution in [2.75, 3.05) is 13.1 Å². The molecule has 3 rings (SSSR count). The predicted molar refractivity (Wildman–Crippen MR) is 77.3 cm³/mol. The first-order chi connectivity index (χ1) is 9.33. The van der Waals surface area contributed by atoms with Gasteiger partial charge in [0, 0.05) is 11.6 Å². The maximum absolute atomic E-state index is 12.2. The van der Waals surface area contributed by atoms with Gasteiger partial charge >= 0.3 is 0 Å². The van der Waals surface area contributed by atoms with Gasteiger partial charge < -0.3 is 10.6 Å². The Hall–Kier alpha value is -1.87. The summed E-state index contributed by atoms with van der Waals surface area (Å²) in [7, 11) is 0. The molecule has 0 spiro atoms. The van der Waals surface area contributed by atoms with Crippen molar-refractivity contribution in [1.29, 1.82) is 0 Å². The molecule has 0 radical (unpaired) electrons. The number of fused-ring (bicyclic) bond motifs is 1. The van der Waals surface area contributed by atoms with Crippen LogP contribution in [0.2, 0.25) is 0 Å². The van der Waals surface area contributed by atoms with Crippen LogP contribution in [0.15, 0.2) is 42.5 Å². The largest absolute Gasteiger partial charge is 0.349 e. The summed E-state index contributed by atoms with van der Waals surface area (Å²) in [5.74, 6) is 0.0395. The van der Waals surface area contributed by atoms with Crippen molar-refractivity contribution < 1.29 is 4.79 Å². The number of hydrogen-bond acceptors (Lipinski definition) is 2. The van der Waals surface area contributed by atoms with Gasteiger partial charge in [-0.1, -0.05) is 30.3 Å². The van der Waals surface area contributed by atoms with Gasteiger partial charge in [0.15, 0.2) is 0 Å². The molecule has 3 heteroatoms. The Morgan fingerprint density at radius 3 is 2.58 bits per heavy atom. The second-order valence-corrected chi connectivity index (χ2v) is 5.06. The molecule has 0 atom stereocenters. The molecule has 3 nitrogen and oxygen atoms in total. The van der Waals surface area contributed by atoms with E-state index in [-0.39, 0.29) is 5.91 Å². The van der Waals surface area contributed by atoms with Gasteiger partial charge in [-0.05, 0) is 48.8 Å². The minimum atomic E-state index is 0.0395. The summed E-state index contributed by atoms with van der Waals surface area (Å²) in [6.07, 6.45) is 2.03. The van der Waals surface area contributed by atoms with Crippen molar-refractivity contribution in [2.24, 2.45) is 0 Å². The number of carbonyl (C=O) groups excluding carboxylic acids is 1. The molecule has 2 N–H and O–H groups in total. The zero-order valence-corrected chi connectivity index (χ0v) is 10.9. The molecule has 1 heterocycles. The van der Waals surface area contributed by atoms with Gasteiger partial charge in [0.05, 0.1) is 0 Å². The first-order valence-electron chi connectivity index (χ1n) is 6.83. The van der Waals surface area contributed by atoms with Crippen molar-refractivity contribution in [1.82, 2.24) is 10.6 Å². The van der Waals surface area contributed by atoms with E-state index in [0.29, 0.717) is 6.04 Å². The highest BCUT2D eigenvalue weighted by molar-refractivity contribution is 5.98. The number of piperidine rings is 1. The Bertz CT molecular complexity index is 588. The molecule has 1 amide bonds. The molecule has 1 saturated heterocycles. The molecule has 0 bridgehead atoms. The molecule has 2 aromatic rings. The summed E-state index contributed by atoms with van der Waals surface area (Å²) in [5.41, 5.74) is 0.747. The van der Waals surface area contributed by atoms with E-state index < -0.39 is 0 Å². The molecular formula is C16H18N2O. The van der Waals surface area contributed by atoms with Crippen LogP contribution < -0.4 is 10.6 Å². The summed E-state index contributed by atoms with van der Waals surface area (Å²) in [6, 6.07) is 14.3. The average molecular weight is 254 g/mol. The SMILES string of the molecule is O=C(NC1CCNCC1)c1ccc2ccccc2c1. The molecule has 1 aliphatic heterocycles. The van der Waals surface area contributed by atoms with Crippen LogP contribution in [0.1, 0.15) is 23.2 Å². The fourth-order valence-corrected chi connectivity index (χ4v) is 2.57. The fraction of sp³-hybridized carbons (Fsp3) is 0.312. The first kappa shape index (κ1) is 12.2. The van der Waals surface area contributed by atoms with E-state index in [9.17, 15) is 4.79 Å². The van der Waals surface area contributed by atoms with Crippen LogP contribution in [-0.4, -0.2) is 25.0 Å². The van der Waals surface area contributed by atoms with Gasteiger partial charge in [0.2, 0.25) is 0 Å². The third kappa shape index (κ3) is 2.76. The molecule has 2 aromatic carbocycles. The lowest BCUT2D eigenvalue weighted by Crippen LogP contribution is -2.42. The highest BCUT2D eigenvalue weighted by Crippen LogP contribution is 2.16.